The van der Waals surface area contributed by atoms with Crippen LogP contribution in [0.4, 0.5) is 8.78 Å². The average molecular weight is 1050 g/mol. The van der Waals surface area contributed by atoms with E-state index in [1.807, 2.05) is 36.4 Å². The first-order chi connectivity index (χ1) is 23.4. The summed E-state index contributed by atoms with van der Waals surface area (Å²) in [6.45, 7) is 5.70. The molecule has 51 heavy (non-hydrogen) atoms. The number of halogens is 2. The molecule has 266 valence electrons. The number of carbonyl (C=O) groups excluding carboxylic acids is 2. The van der Waals surface area contributed by atoms with Gasteiger partial charge in [-0.2, -0.15) is 0 Å². The average Bonchev–Trinajstić information content (AvgIpc) is 3.42. The van der Waals surface area contributed by atoms with E-state index in [0.717, 1.165) is 32.3 Å². The van der Waals surface area contributed by atoms with E-state index in [9.17, 15) is 18.4 Å². The van der Waals surface area contributed by atoms with Gasteiger partial charge in [-0.15, -0.1) is 36.4 Å². The van der Waals surface area contributed by atoms with Crippen molar-refractivity contribution < 1.29 is 75.1 Å². The van der Waals surface area contributed by atoms with Crippen molar-refractivity contribution in [3.8, 4) is 22.5 Å². The minimum absolute atomic E-state index is 0. The van der Waals surface area contributed by atoms with Crippen molar-refractivity contribution in [1.29, 1.82) is 0 Å². The first-order valence-corrected chi connectivity index (χ1v) is 15.0. The van der Waals surface area contributed by atoms with Crippen LogP contribution in [0.25, 0.3) is 66.0 Å². The van der Waals surface area contributed by atoms with Gasteiger partial charge in [-0.3, -0.25) is 9.59 Å². The number of hydrogen-bond donors (Lipinski definition) is 2. The molecular weight excluding hydrogens is 1020 g/mol. The van der Waals surface area contributed by atoms with E-state index in [4.69, 9.17) is 14.6 Å². The number of ketones is 2. The molecule has 0 aliphatic carbocycles. The van der Waals surface area contributed by atoms with E-state index < -0.39 is 0 Å². The zero-order chi connectivity index (χ0) is 35.2. The third kappa shape index (κ3) is 10.1. The molecule has 0 saturated heterocycles. The van der Waals surface area contributed by atoms with Gasteiger partial charge in [-0.05, 0) is 97.0 Å². The van der Waals surface area contributed by atoms with Crippen LogP contribution in [0.5, 0.6) is 0 Å². The van der Waals surface area contributed by atoms with Crippen molar-refractivity contribution in [2.24, 2.45) is 0 Å². The van der Waals surface area contributed by atoms with E-state index in [1.165, 1.54) is 64.1 Å². The van der Waals surface area contributed by atoms with E-state index >= 15 is 0 Å². The van der Waals surface area contributed by atoms with Gasteiger partial charge in [0.25, 0.3) is 0 Å². The van der Waals surface area contributed by atoms with Crippen LogP contribution in [0.15, 0.2) is 113 Å². The zero-order valence-electron chi connectivity index (χ0n) is 27.6. The van der Waals surface area contributed by atoms with Crippen LogP contribution < -0.4 is 0 Å². The molecule has 0 amide bonds. The van der Waals surface area contributed by atoms with Gasteiger partial charge in [-0.25, -0.2) is 8.78 Å². The third-order valence-corrected chi connectivity index (χ3v) is 7.10. The quantitative estimate of drug-likeness (QED) is 0.103. The molecule has 7 aromatic rings. The second-order valence-corrected chi connectivity index (χ2v) is 11.2. The van der Waals surface area contributed by atoms with Crippen LogP contribution in [-0.4, -0.2) is 31.7 Å². The van der Waals surface area contributed by atoms with Crippen molar-refractivity contribution >= 4 is 55.0 Å². The number of aromatic nitrogens is 2. The number of rotatable bonds is 4. The van der Waals surface area contributed by atoms with Gasteiger partial charge in [0, 0.05) is 77.8 Å². The summed E-state index contributed by atoms with van der Waals surface area (Å²) < 4.78 is 34.0. The smallest absolute Gasteiger partial charge is 0.155 e. The number of aliphatic hydroxyl groups excluding tert-OH is 2. The molecule has 0 aliphatic heterocycles. The number of benzene rings is 4. The number of nitrogens with zero attached hydrogens (tertiary/aromatic N) is 2. The largest absolute Gasteiger partial charge is 0.545 e. The van der Waals surface area contributed by atoms with Gasteiger partial charge in [0.15, 0.2) is 11.6 Å². The summed E-state index contributed by atoms with van der Waals surface area (Å²) in [5.41, 5.74) is 3.89. The Bertz CT molecular complexity index is 2260. The summed E-state index contributed by atoms with van der Waals surface area (Å²) in [4.78, 5) is 29.2. The summed E-state index contributed by atoms with van der Waals surface area (Å²) in [6, 6.07) is 26.9. The van der Waals surface area contributed by atoms with Crippen LogP contribution >= 0.6 is 0 Å². The number of carbonyl (C=O) groups is 2. The van der Waals surface area contributed by atoms with Crippen molar-refractivity contribution in [1.82, 2.24) is 9.97 Å². The number of allylic oxidation sites excluding steroid dienone is 4. The number of aliphatic hydroxyl groups is 2. The Labute approximate surface area is 321 Å². The molecular formula is C40H30F2N2O5Pt2-2. The summed E-state index contributed by atoms with van der Waals surface area (Å²) in [6.07, 6.45) is 5.77. The SMILES string of the molecule is CC(=O)/C=C(/C)O.CC(=O)/C=C(/C)O.Fc1ccc2cnc(-c3[c-]ccc4c3oc3c(-c5cc6cc(F)ccc6cn5)[c-]ccc34)cc2c1.[Pt].[Pt]. The molecule has 0 atom stereocenters. The first kappa shape index (κ1) is 40.6. The molecule has 11 heteroatoms. The van der Waals surface area contributed by atoms with Crippen molar-refractivity contribution in [3.05, 3.63) is 133 Å². The molecule has 0 unspecified atom stereocenters. The van der Waals surface area contributed by atoms with Crippen LogP contribution in [0, 0.1) is 23.8 Å². The monoisotopic (exact) mass is 1050 g/mol. The normalized spacial score (nSPS) is 11.2. The van der Waals surface area contributed by atoms with Crippen molar-refractivity contribution in [3.63, 3.8) is 0 Å². The molecule has 2 N–H and O–H groups in total. The van der Waals surface area contributed by atoms with Gasteiger partial charge < -0.3 is 24.6 Å². The Hall–Kier alpha value is -4.84. The predicted octanol–water partition coefficient (Wildman–Crippen LogP) is 9.96. The predicted molar refractivity (Wildman–Crippen MR) is 187 cm³/mol. The second-order valence-electron chi connectivity index (χ2n) is 11.2. The van der Waals surface area contributed by atoms with Gasteiger partial charge in [-0.1, -0.05) is 34.0 Å². The van der Waals surface area contributed by atoms with Crippen LogP contribution in [0.2, 0.25) is 0 Å². The fourth-order valence-electron chi connectivity index (χ4n) is 5.17. The number of furan rings is 1. The number of hydrogen-bond acceptors (Lipinski definition) is 7. The van der Waals surface area contributed by atoms with E-state index in [0.29, 0.717) is 33.7 Å². The van der Waals surface area contributed by atoms with Crippen LogP contribution in [-0.2, 0) is 51.7 Å². The minimum atomic E-state index is -0.302. The Morgan fingerprint density at radius 1 is 0.627 bits per heavy atom. The fourth-order valence-corrected chi connectivity index (χ4v) is 5.17. The Morgan fingerprint density at radius 2 is 1.02 bits per heavy atom. The number of fused-ring (bicyclic) bond motifs is 5. The first-order valence-electron chi connectivity index (χ1n) is 15.0. The molecule has 0 fully saturated rings. The Balaban J connectivity index is 0.000000376. The molecule has 0 spiro atoms. The summed E-state index contributed by atoms with van der Waals surface area (Å²) in [5, 5.41) is 21.7. The van der Waals surface area contributed by atoms with Crippen molar-refractivity contribution in [2.45, 2.75) is 27.7 Å². The van der Waals surface area contributed by atoms with Crippen LogP contribution in [0.1, 0.15) is 27.7 Å². The van der Waals surface area contributed by atoms with E-state index in [-0.39, 0.29) is 76.8 Å². The van der Waals surface area contributed by atoms with Gasteiger partial charge in [0.05, 0.1) is 11.5 Å². The standard InChI is InChI=1S/C30H14F2N2O.2C5H8O2.2Pt/c31-21-9-7-17-15-33-27(13-19(17)11-21)25-5-1-3-23-24-4-2-6-26(30(24)35-29(23)25)28-14-20-12-22(32)10-8-18(20)16-34-28;2*1-4(6)3-5(2)7;;/h1-4,7-16H;2*3,6H,1-2H3;;/q-2;;;;/b;2*4-3-;;. The maximum Gasteiger partial charge on any atom is 0.155 e. The molecule has 0 radical (unpaired) electrons. The molecule has 0 aliphatic rings. The summed E-state index contributed by atoms with van der Waals surface area (Å²) in [7, 11) is 0. The fraction of sp³-hybridized carbons (Fsp3) is 0.100. The van der Waals surface area contributed by atoms with Crippen LogP contribution in [0.3, 0.4) is 0 Å². The summed E-state index contributed by atoms with van der Waals surface area (Å²) >= 11 is 0. The maximum atomic E-state index is 13.8. The molecule has 0 saturated carbocycles. The second kappa shape index (κ2) is 17.9. The van der Waals surface area contributed by atoms with E-state index in [1.54, 1.807) is 24.5 Å². The van der Waals surface area contributed by atoms with Gasteiger partial charge in [0.2, 0.25) is 0 Å². The van der Waals surface area contributed by atoms with Gasteiger partial charge in [0.1, 0.15) is 11.6 Å². The Morgan fingerprint density at radius 3 is 1.35 bits per heavy atom. The Kier molecular flexibility index (Phi) is 14.2. The summed E-state index contributed by atoms with van der Waals surface area (Å²) in [5.74, 6) is -0.730. The van der Waals surface area contributed by atoms with E-state index in [2.05, 4.69) is 22.1 Å². The number of pyridine rings is 2. The zero-order valence-corrected chi connectivity index (χ0v) is 32.2. The molecule has 3 heterocycles. The topological polar surface area (TPSA) is 114 Å². The van der Waals surface area contributed by atoms with Gasteiger partial charge >= 0.3 is 0 Å². The minimum Gasteiger partial charge on any atom is -0.545 e. The molecule has 7 nitrogen and oxygen atoms in total. The molecule has 3 aromatic heterocycles. The maximum absolute atomic E-state index is 13.8. The molecule has 4 aromatic carbocycles. The third-order valence-electron chi connectivity index (χ3n) is 7.10. The van der Waals surface area contributed by atoms with Crippen molar-refractivity contribution in [2.75, 3.05) is 0 Å². The molecule has 7 rings (SSSR count). The molecule has 0 bridgehead atoms.